The predicted octanol–water partition coefficient (Wildman–Crippen LogP) is 3.08. The Morgan fingerprint density at radius 1 is 1.14 bits per heavy atom. The Kier molecular flexibility index (Phi) is 3.76. The molecule has 2 aromatic heterocycles. The second-order valence-corrected chi connectivity index (χ2v) is 7.16. The Labute approximate surface area is 126 Å². The zero-order valence-corrected chi connectivity index (χ0v) is 12.6. The zero-order valence-electron chi connectivity index (χ0n) is 11.0. The van der Waals surface area contributed by atoms with E-state index in [0.29, 0.717) is 5.82 Å². The van der Waals surface area contributed by atoms with Crippen LogP contribution in [-0.4, -0.2) is 18.6 Å². The standard InChI is InChI=1S/C14H13N3O2S2/c18-21(19,10-11-5-2-1-3-6-11)17-14-9-12(15-16-14)13-7-4-8-20-13/h1-9H,10H2,(H2,15,16,17). The molecular formula is C14H13N3O2S2. The van der Waals surface area contributed by atoms with E-state index in [1.807, 2.05) is 35.7 Å². The van der Waals surface area contributed by atoms with Gasteiger partial charge in [-0.25, -0.2) is 8.42 Å². The predicted molar refractivity (Wildman–Crippen MR) is 84.6 cm³/mol. The summed E-state index contributed by atoms with van der Waals surface area (Å²) in [4.78, 5) is 1.01. The number of sulfonamides is 1. The number of rotatable bonds is 5. The van der Waals surface area contributed by atoms with Crippen molar-refractivity contribution in [2.45, 2.75) is 5.75 Å². The van der Waals surface area contributed by atoms with Crippen LogP contribution in [0.15, 0.2) is 53.9 Å². The van der Waals surface area contributed by atoms with Crippen LogP contribution in [0.25, 0.3) is 10.6 Å². The molecule has 0 atom stereocenters. The highest BCUT2D eigenvalue weighted by molar-refractivity contribution is 7.91. The monoisotopic (exact) mass is 319 g/mol. The molecule has 2 N–H and O–H groups in total. The number of hydrogen-bond donors (Lipinski definition) is 2. The van der Waals surface area contributed by atoms with Gasteiger partial charge in [-0.1, -0.05) is 36.4 Å². The van der Waals surface area contributed by atoms with Crippen LogP contribution in [0.3, 0.4) is 0 Å². The summed E-state index contributed by atoms with van der Waals surface area (Å²) in [5.74, 6) is 0.226. The van der Waals surface area contributed by atoms with Crippen LogP contribution in [0, 0.1) is 0 Å². The van der Waals surface area contributed by atoms with Crippen molar-refractivity contribution >= 4 is 27.2 Å². The number of nitrogens with zero attached hydrogens (tertiary/aromatic N) is 1. The maximum absolute atomic E-state index is 12.1. The van der Waals surface area contributed by atoms with Crippen molar-refractivity contribution in [1.29, 1.82) is 0 Å². The summed E-state index contributed by atoms with van der Waals surface area (Å²) in [7, 11) is -3.47. The number of aromatic nitrogens is 2. The minimum Gasteiger partial charge on any atom is -0.275 e. The first-order chi connectivity index (χ1) is 10.1. The third kappa shape index (κ3) is 3.50. The van der Waals surface area contributed by atoms with Crippen LogP contribution < -0.4 is 4.72 Å². The fraction of sp³-hybridized carbons (Fsp3) is 0.0714. The Balaban J connectivity index is 1.74. The number of aromatic amines is 1. The van der Waals surface area contributed by atoms with Gasteiger partial charge in [-0.05, 0) is 17.0 Å². The number of anilines is 1. The molecule has 1 aromatic carbocycles. The van der Waals surface area contributed by atoms with Crippen molar-refractivity contribution in [3.63, 3.8) is 0 Å². The Morgan fingerprint density at radius 2 is 1.95 bits per heavy atom. The van der Waals surface area contributed by atoms with Crippen LogP contribution in [0.4, 0.5) is 5.82 Å². The van der Waals surface area contributed by atoms with Gasteiger partial charge >= 0.3 is 0 Å². The topological polar surface area (TPSA) is 74.8 Å². The first kappa shape index (κ1) is 13.8. The third-order valence-corrected chi connectivity index (χ3v) is 4.96. The van der Waals surface area contributed by atoms with Crippen molar-refractivity contribution in [3.05, 3.63) is 59.5 Å². The van der Waals surface area contributed by atoms with Gasteiger partial charge < -0.3 is 0 Å². The largest absolute Gasteiger partial charge is 0.275 e. The van der Waals surface area contributed by atoms with Crippen molar-refractivity contribution in [2.24, 2.45) is 0 Å². The molecule has 0 aliphatic rings. The van der Waals surface area contributed by atoms with Gasteiger partial charge in [0.2, 0.25) is 10.0 Å². The first-order valence-corrected chi connectivity index (χ1v) is 8.79. The van der Waals surface area contributed by atoms with Gasteiger partial charge in [-0.3, -0.25) is 9.82 Å². The average molecular weight is 319 g/mol. The van der Waals surface area contributed by atoms with Crippen LogP contribution >= 0.6 is 11.3 Å². The van der Waals surface area contributed by atoms with E-state index in [-0.39, 0.29) is 5.75 Å². The lowest BCUT2D eigenvalue weighted by Crippen LogP contribution is -2.15. The molecule has 2 heterocycles. The number of nitrogens with one attached hydrogen (secondary N) is 2. The lowest BCUT2D eigenvalue weighted by atomic mass is 10.2. The summed E-state index contributed by atoms with van der Waals surface area (Å²) in [6.45, 7) is 0. The molecule has 0 unspecified atom stereocenters. The fourth-order valence-electron chi connectivity index (χ4n) is 1.92. The summed E-state index contributed by atoms with van der Waals surface area (Å²) >= 11 is 1.56. The smallest absolute Gasteiger partial charge is 0.238 e. The number of hydrogen-bond acceptors (Lipinski definition) is 4. The van der Waals surface area contributed by atoms with E-state index in [1.165, 1.54) is 0 Å². The van der Waals surface area contributed by atoms with Crippen molar-refractivity contribution in [3.8, 4) is 10.6 Å². The molecular weight excluding hydrogens is 306 g/mol. The van der Waals surface area contributed by atoms with Crippen LogP contribution in [0.5, 0.6) is 0 Å². The summed E-state index contributed by atoms with van der Waals surface area (Å²) in [5, 5.41) is 8.77. The Hall–Kier alpha value is -2.12. The highest BCUT2D eigenvalue weighted by Crippen LogP contribution is 2.24. The molecule has 0 fully saturated rings. The molecule has 5 nitrogen and oxygen atoms in total. The van der Waals surface area contributed by atoms with Crippen molar-refractivity contribution in [1.82, 2.24) is 10.2 Å². The van der Waals surface area contributed by atoms with Gasteiger partial charge in [-0.2, -0.15) is 5.10 Å². The van der Waals surface area contributed by atoms with E-state index in [2.05, 4.69) is 14.9 Å². The highest BCUT2D eigenvalue weighted by atomic mass is 32.2. The number of thiophene rings is 1. The number of H-pyrrole nitrogens is 1. The Morgan fingerprint density at radius 3 is 2.67 bits per heavy atom. The molecule has 3 aromatic rings. The van der Waals surface area contributed by atoms with E-state index >= 15 is 0 Å². The van der Waals surface area contributed by atoms with E-state index < -0.39 is 10.0 Å². The van der Waals surface area contributed by atoms with Gasteiger partial charge in [0.25, 0.3) is 0 Å². The normalized spacial score (nSPS) is 11.4. The molecule has 0 amide bonds. The molecule has 7 heteroatoms. The molecule has 21 heavy (non-hydrogen) atoms. The molecule has 108 valence electrons. The van der Waals surface area contributed by atoms with E-state index in [4.69, 9.17) is 0 Å². The Bertz CT molecular complexity index is 809. The number of benzene rings is 1. The quantitative estimate of drug-likeness (QED) is 0.759. The maximum Gasteiger partial charge on any atom is 0.238 e. The summed E-state index contributed by atoms with van der Waals surface area (Å²) in [6.07, 6.45) is 0. The van der Waals surface area contributed by atoms with Gasteiger partial charge in [0.1, 0.15) is 0 Å². The van der Waals surface area contributed by atoms with Gasteiger partial charge in [0, 0.05) is 6.07 Å². The van der Waals surface area contributed by atoms with Crippen molar-refractivity contribution in [2.75, 3.05) is 4.72 Å². The fourth-order valence-corrected chi connectivity index (χ4v) is 3.74. The average Bonchev–Trinajstić information content (AvgIpc) is 3.09. The molecule has 0 saturated heterocycles. The lowest BCUT2D eigenvalue weighted by Gasteiger charge is -2.04. The second-order valence-electron chi connectivity index (χ2n) is 4.49. The van der Waals surface area contributed by atoms with Gasteiger partial charge in [0.05, 0.1) is 16.3 Å². The van der Waals surface area contributed by atoms with Gasteiger partial charge in [-0.15, -0.1) is 11.3 Å². The van der Waals surface area contributed by atoms with Gasteiger partial charge in [0.15, 0.2) is 5.82 Å². The highest BCUT2D eigenvalue weighted by Gasteiger charge is 2.14. The summed E-state index contributed by atoms with van der Waals surface area (Å²) in [5.41, 5.74) is 1.53. The van der Waals surface area contributed by atoms with Crippen LogP contribution in [-0.2, 0) is 15.8 Å². The molecule has 0 aliphatic heterocycles. The maximum atomic E-state index is 12.1. The SMILES string of the molecule is O=S(=O)(Cc1ccccc1)Nc1cc(-c2cccs2)[nH]n1. The molecule has 0 aliphatic carbocycles. The first-order valence-electron chi connectivity index (χ1n) is 6.26. The summed E-state index contributed by atoms with van der Waals surface area (Å²) < 4.78 is 26.7. The molecule has 0 spiro atoms. The van der Waals surface area contributed by atoms with E-state index in [9.17, 15) is 8.42 Å². The summed E-state index contributed by atoms with van der Waals surface area (Å²) in [6, 6.07) is 14.6. The third-order valence-electron chi connectivity index (χ3n) is 2.82. The lowest BCUT2D eigenvalue weighted by molar-refractivity contribution is 0.600. The van der Waals surface area contributed by atoms with E-state index in [1.54, 1.807) is 29.5 Å². The molecule has 0 bridgehead atoms. The minimum atomic E-state index is -3.47. The van der Waals surface area contributed by atoms with Crippen LogP contribution in [0.1, 0.15) is 5.56 Å². The van der Waals surface area contributed by atoms with Crippen molar-refractivity contribution < 1.29 is 8.42 Å². The van der Waals surface area contributed by atoms with Crippen LogP contribution in [0.2, 0.25) is 0 Å². The molecule has 3 rings (SSSR count). The molecule has 0 saturated carbocycles. The second kappa shape index (κ2) is 5.71. The zero-order chi connectivity index (χ0) is 14.7. The minimum absolute atomic E-state index is 0.0744. The molecule has 0 radical (unpaired) electrons. The van der Waals surface area contributed by atoms with E-state index in [0.717, 1.165) is 16.1 Å².